The molecule has 1 aromatic rings. The molecule has 2 heterocycles. The SMILES string of the molecule is O=C(O)CCCC1=NC=C(C2=NC(Cc3ccc(O)cc3)C(=O)N2)C1. The van der Waals surface area contributed by atoms with Gasteiger partial charge in [-0.05, 0) is 30.5 Å². The molecule has 130 valence electrons. The molecule has 0 bridgehead atoms. The first-order valence-electron chi connectivity index (χ1n) is 8.14. The van der Waals surface area contributed by atoms with Crippen molar-refractivity contribution in [2.75, 3.05) is 0 Å². The van der Waals surface area contributed by atoms with Gasteiger partial charge in [-0.25, -0.2) is 0 Å². The van der Waals surface area contributed by atoms with Crippen LogP contribution in [0, 0.1) is 0 Å². The van der Waals surface area contributed by atoms with Crippen LogP contribution in [0.2, 0.25) is 0 Å². The number of amides is 1. The van der Waals surface area contributed by atoms with Crippen LogP contribution in [-0.2, 0) is 16.0 Å². The van der Waals surface area contributed by atoms with Crippen LogP contribution < -0.4 is 5.32 Å². The van der Waals surface area contributed by atoms with E-state index in [2.05, 4.69) is 15.3 Å². The summed E-state index contributed by atoms with van der Waals surface area (Å²) < 4.78 is 0. The molecule has 2 aliphatic heterocycles. The molecule has 0 saturated heterocycles. The Morgan fingerprint density at radius 3 is 2.76 bits per heavy atom. The molecule has 1 aromatic carbocycles. The minimum atomic E-state index is -0.809. The average molecular weight is 341 g/mol. The van der Waals surface area contributed by atoms with Gasteiger partial charge in [-0.1, -0.05) is 12.1 Å². The van der Waals surface area contributed by atoms with E-state index in [0.29, 0.717) is 31.5 Å². The molecule has 0 fully saturated rings. The maximum atomic E-state index is 12.1. The summed E-state index contributed by atoms with van der Waals surface area (Å²) in [6.45, 7) is 0. The lowest BCUT2D eigenvalue weighted by Crippen LogP contribution is -2.30. The Labute approximate surface area is 144 Å². The Balaban J connectivity index is 1.56. The molecule has 0 spiro atoms. The zero-order valence-corrected chi connectivity index (χ0v) is 13.6. The second-order valence-electron chi connectivity index (χ2n) is 6.13. The molecule has 3 N–H and O–H groups in total. The molecule has 2 aliphatic rings. The number of carbonyl (C=O) groups is 2. The molecule has 1 unspecified atom stereocenters. The fourth-order valence-corrected chi connectivity index (χ4v) is 2.83. The number of rotatable bonds is 7. The molecule has 0 aliphatic carbocycles. The van der Waals surface area contributed by atoms with E-state index in [1.54, 1.807) is 30.5 Å². The Bertz CT molecular complexity index is 778. The first-order valence-corrected chi connectivity index (χ1v) is 8.14. The van der Waals surface area contributed by atoms with E-state index in [4.69, 9.17) is 5.11 Å². The number of carboxylic acids is 1. The van der Waals surface area contributed by atoms with Crippen molar-refractivity contribution in [3.8, 4) is 5.75 Å². The highest BCUT2D eigenvalue weighted by molar-refractivity contribution is 6.16. The monoisotopic (exact) mass is 341 g/mol. The smallest absolute Gasteiger partial charge is 0.303 e. The van der Waals surface area contributed by atoms with Crippen molar-refractivity contribution in [3.05, 3.63) is 41.6 Å². The zero-order chi connectivity index (χ0) is 17.8. The number of amidine groups is 1. The summed E-state index contributed by atoms with van der Waals surface area (Å²) >= 11 is 0. The fraction of sp³-hybridized carbons (Fsp3) is 0.333. The number of aliphatic carboxylic acids is 1. The maximum absolute atomic E-state index is 12.1. The summed E-state index contributed by atoms with van der Waals surface area (Å²) in [5, 5.41) is 20.8. The van der Waals surface area contributed by atoms with Crippen molar-refractivity contribution in [1.82, 2.24) is 5.32 Å². The first-order chi connectivity index (χ1) is 12.0. The number of benzene rings is 1. The van der Waals surface area contributed by atoms with Crippen molar-refractivity contribution in [2.45, 2.75) is 38.1 Å². The molecular weight excluding hydrogens is 322 g/mol. The molecule has 7 nitrogen and oxygen atoms in total. The molecule has 1 atom stereocenters. The standard InChI is InChI=1S/C18H19N3O4/c22-14-6-4-11(5-7-14)8-15-18(25)21-17(20-15)12-9-13(19-10-12)2-1-3-16(23)24/h4-7,10,15,22H,1-3,8-9H2,(H,23,24)(H,20,21,25). The second kappa shape index (κ2) is 7.29. The third-order valence-electron chi connectivity index (χ3n) is 4.15. The van der Waals surface area contributed by atoms with Crippen LogP contribution in [-0.4, -0.2) is 39.7 Å². The van der Waals surface area contributed by atoms with Crippen LogP contribution >= 0.6 is 0 Å². The molecule has 25 heavy (non-hydrogen) atoms. The third-order valence-corrected chi connectivity index (χ3v) is 4.15. The highest BCUT2D eigenvalue weighted by Gasteiger charge is 2.29. The fourth-order valence-electron chi connectivity index (χ4n) is 2.83. The molecule has 3 rings (SSSR count). The summed E-state index contributed by atoms with van der Waals surface area (Å²) in [5.74, 6) is -0.224. The Morgan fingerprint density at radius 1 is 1.28 bits per heavy atom. The van der Waals surface area contributed by atoms with E-state index in [1.807, 2.05) is 0 Å². The molecular formula is C18H19N3O4. The van der Waals surface area contributed by atoms with E-state index in [-0.39, 0.29) is 18.1 Å². The largest absolute Gasteiger partial charge is 0.508 e. The van der Waals surface area contributed by atoms with Gasteiger partial charge in [0.1, 0.15) is 17.6 Å². The van der Waals surface area contributed by atoms with E-state index >= 15 is 0 Å². The summed E-state index contributed by atoms with van der Waals surface area (Å²) in [6, 6.07) is 6.23. The number of hydrogen-bond donors (Lipinski definition) is 3. The van der Waals surface area contributed by atoms with Gasteiger partial charge in [-0.2, -0.15) is 0 Å². The predicted octanol–water partition coefficient (Wildman–Crippen LogP) is 1.82. The topological polar surface area (TPSA) is 111 Å². The summed E-state index contributed by atoms with van der Waals surface area (Å²) in [6.07, 6.45) is 4.06. The summed E-state index contributed by atoms with van der Waals surface area (Å²) in [7, 11) is 0. The number of nitrogens with one attached hydrogen (secondary N) is 1. The van der Waals surface area contributed by atoms with Crippen LogP contribution in [0.3, 0.4) is 0 Å². The van der Waals surface area contributed by atoms with Gasteiger partial charge in [-0.15, -0.1) is 0 Å². The minimum Gasteiger partial charge on any atom is -0.508 e. The minimum absolute atomic E-state index is 0.126. The number of carboxylic acid groups (broad SMARTS) is 1. The van der Waals surface area contributed by atoms with Crippen molar-refractivity contribution in [3.63, 3.8) is 0 Å². The lowest BCUT2D eigenvalue weighted by atomic mass is 10.1. The molecule has 1 amide bonds. The Morgan fingerprint density at radius 2 is 2.04 bits per heavy atom. The number of hydrogen-bond acceptors (Lipinski definition) is 5. The first kappa shape index (κ1) is 16.9. The molecule has 0 saturated carbocycles. The van der Waals surface area contributed by atoms with Crippen LogP contribution in [0.4, 0.5) is 0 Å². The number of nitrogens with zero attached hydrogens (tertiary/aromatic N) is 2. The van der Waals surface area contributed by atoms with Crippen LogP contribution in [0.25, 0.3) is 0 Å². The maximum Gasteiger partial charge on any atom is 0.303 e. The number of phenols is 1. The van der Waals surface area contributed by atoms with Gasteiger partial charge >= 0.3 is 5.97 Å². The van der Waals surface area contributed by atoms with E-state index in [1.165, 1.54) is 0 Å². The van der Waals surface area contributed by atoms with Crippen molar-refractivity contribution < 1.29 is 19.8 Å². The van der Waals surface area contributed by atoms with Gasteiger partial charge < -0.3 is 15.5 Å². The summed E-state index contributed by atoms with van der Waals surface area (Å²) in [4.78, 5) is 31.5. The number of aromatic hydroxyl groups is 1. The van der Waals surface area contributed by atoms with Gasteiger partial charge in [0.15, 0.2) is 0 Å². The van der Waals surface area contributed by atoms with Crippen molar-refractivity contribution in [1.29, 1.82) is 0 Å². The van der Waals surface area contributed by atoms with E-state index in [0.717, 1.165) is 16.8 Å². The van der Waals surface area contributed by atoms with Crippen LogP contribution in [0.5, 0.6) is 5.75 Å². The molecule has 7 heteroatoms. The third kappa shape index (κ3) is 4.32. The van der Waals surface area contributed by atoms with Gasteiger partial charge in [0.2, 0.25) is 0 Å². The normalized spacial score (nSPS) is 19.3. The zero-order valence-electron chi connectivity index (χ0n) is 13.6. The van der Waals surface area contributed by atoms with E-state index in [9.17, 15) is 14.7 Å². The van der Waals surface area contributed by atoms with Crippen LogP contribution in [0.1, 0.15) is 31.2 Å². The lowest BCUT2D eigenvalue weighted by molar-refractivity contribution is -0.137. The van der Waals surface area contributed by atoms with E-state index < -0.39 is 12.0 Å². The van der Waals surface area contributed by atoms with Crippen LogP contribution in [0.15, 0.2) is 46.0 Å². The van der Waals surface area contributed by atoms with Gasteiger partial charge in [-0.3, -0.25) is 19.6 Å². The lowest BCUT2D eigenvalue weighted by Gasteiger charge is -2.04. The highest BCUT2D eigenvalue weighted by atomic mass is 16.4. The van der Waals surface area contributed by atoms with Crippen molar-refractivity contribution in [2.24, 2.45) is 9.98 Å². The quantitative estimate of drug-likeness (QED) is 0.702. The number of aliphatic imine (C=N–C) groups is 2. The Hall–Kier alpha value is -2.96. The predicted molar refractivity (Wildman–Crippen MR) is 92.8 cm³/mol. The van der Waals surface area contributed by atoms with Gasteiger partial charge in [0, 0.05) is 36.7 Å². The molecule has 0 aromatic heterocycles. The molecule has 0 radical (unpaired) electrons. The second-order valence-corrected chi connectivity index (χ2v) is 6.13. The van der Waals surface area contributed by atoms with Gasteiger partial charge in [0.05, 0.1) is 0 Å². The van der Waals surface area contributed by atoms with Gasteiger partial charge in [0.25, 0.3) is 5.91 Å². The van der Waals surface area contributed by atoms with Crippen molar-refractivity contribution >= 4 is 23.4 Å². The number of phenolic OH excluding ortho intramolecular Hbond substituents is 1. The summed E-state index contributed by atoms with van der Waals surface area (Å²) in [5.41, 5.74) is 2.69. The Kier molecular flexibility index (Phi) is 4.92. The highest BCUT2D eigenvalue weighted by Crippen LogP contribution is 2.21. The number of carbonyl (C=O) groups excluding carboxylic acids is 1. The average Bonchev–Trinajstić information content (AvgIpc) is 3.17.